The Morgan fingerprint density at radius 1 is 1.13 bits per heavy atom. The normalized spacial score (nSPS) is 14.4. The van der Waals surface area contributed by atoms with E-state index in [-0.39, 0.29) is 5.96 Å². The Labute approximate surface area is 86.8 Å². The van der Waals surface area contributed by atoms with Gasteiger partial charge in [0.05, 0.1) is 0 Å². The maximum Gasteiger partial charge on any atom is 0.232 e. The van der Waals surface area contributed by atoms with Crippen LogP contribution in [-0.4, -0.2) is 18.4 Å². The standard InChI is InChI=1S/C9H11N5O/c10-9-13-11-8(12-14-9)6-15-7-4-2-1-3-5-7/h1-5H,6H2,(H,11,12)(H3,10,13,14). The summed E-state index contributed by atoms with van der Waals surface area (Å²) in [6.07, 6.45) is 0. The van der Waals surface area contributed by atoms with E-state index in [4.69, 9.17) is 10.5 Å². The number of hydrogen-bond acceptors (Lipinski definition) is 6. The van der Waals surface area contributed by atoms with Crippen molar-refractivity contribution in [3.63, 3.8) is 0 Å². The van der Waals surface area contributed by atoms with Gasteiger partial charge in [-0.25, -0.2) is 5.43 Å². The van der Waals surface area contributed by atoms with Crippen LogP contribution in [0.1, 0.15) is 0 Å². The van der Waals surface area contributed by atoms with E-state index >= 15 is 0 Å². The zero-order chi connectivity index (χ0) is 10.5. The van der Waals surface area contributed by atoms with E-state index in [1.807, 2.05) is 30.3 Å². The van der Waals surface area contributed by atoms with Crippen LogP contribution in [0.2, 0.25) is 0 Å². The summed E-state index contributed by atoms with van der Waals surface area (Å²) < 4.78 is 5.44. The number of nitrogens with zero attached hydrogens (tertiary/aromatic N) is 2. The fourth-order valence-corrected chi connectivity index (χ4v) is 1.03. The molecule has 6 nitrogen and oxygen atoms in total. The molecule has 0 bridgehead atoms. The number of rotatable bonds is 3. The summed E-state index contributed by atoms with van der Waals surface area (Å²) in [7, 11) is 0. The Kier molecular flexibility index (Phi) is 2.68. The highest BCUT2D eigenvalue weighted by Gasteiger charge is 2.04. The van der Waals surface area contributed by atoms with Crippen LogP contribution >= 0.6 is 0 Å². The molecule has 6 heteroatoms. The number of benzene rings is 1. The van der Waals surface area contributed by atoms with Crippen LogP contribution < -0.4 is 21.3 Å². The van der Waals surface area contributed by atoms with Gasteiger partial charge in [-0.15, -0.1) is 5.10 Å². The van der Waals surface area contributed by atoms with E-state index in [9.17, 15) is 0 Å². The van der Waals surface area contributed by atoms with Crippen LogP contribution in [-0.2, 0) is 0 Å². The van der Waals surface area contributed by atoms with Crippen molar-refractivity contribution in [2.75, 3.05) is 6.61 Å². The maximum absolute atomic E-state index is 5.44. The average Bonchev–Trinajstić information content (AvgIpc) is 2.30. The summed E-state index contributed by atoms with van der Waals surface area (Å²) in [6.45, 7) is 0.313. The SMILES string of the molecule is NC1=NNC(COc2ccccc2)=NN1. The van der Waals surface area contributed by atoms with E-state index in [1.165, 1.54) is 0 Å². The third-order valence-corrected chi connectivity index (χ3v) is 1.73. The van der Waals surface area contributed by atoms with Gasteiger partial charge in [0.25, 0.3) is 0 Å². The van der Waals surface area contributed by atoms with Gasteiger partial charge in [0, 0.05) is 0 Å². The van der Waals surface area contributed by atoms with E-state index in [0.29, 0.717) is 12.4 Å². The number of nitrogens with two attached hydrogens (primary N) is 1. The number of guanidine groups is 1. The minimum absolute atomic E-state index is 0.235. The maximum atomic E-state index is 5.44. The highest BCUT2D eigenvalue weighted by molar-refractivity contribution is 5.89. The molecule has 0 fully saturated rings. The van der Waals surface area contributed by atoms with Crippen LogP contribution in [0.3, 0.4) is 0 Å². The predicted octanol–water partition coefficient (Wildman–Crippen LogP) is -0.199. The van der Waals surface area contributed by atoms with Crippen molar-refractivity contribution in [3.05, 3.63) is 30.3 Å². The van der Waals surface area contributed by atoms with Crippen molar-refractivity contribution in [2.45, 2.75) is 0 Å². The van der Waals surface area contributed by atoms with Gasteiger partial charge in [-0.1, -0.05) is 18.2 Å². The third-order valence-electron chi connectivity index (χ3n) is 1.73. The fraction of sp³-hybridized carbons (Fsp3) is 0.111. The molecule has 0 radical (unpaired) electrons. The first-order valence-electron chi connectivity index (χ1n) is 4.44. The van der Waals surface area contributed by atoms with Gasteiger partial charge in [-0.2, -0.15) is 5.10 Å². The van der Waals surface area contributed by atoms with Gasteiger partial charge >= 0.3 is 0 Å². The lowest BCUT2D eigenvalue weighted by Crippen LogP contribution is -2.40. The van der Waals surface area contributed by atoms with Gasteiger partial charge < -0.3 is 10.5 Å². The summed E-state index contributed by atoms with van der Waals surface area (Å²) in [6, 6.07) is 9.47. The zero-order valence-electron chi connectivity index (χ0n) is 7.97. The summed E-state index contributed by atoms with van der Waals surface area (Å²) in [5, 5.41) is 7.65. The Bertz CT molecular complexity index is 387. The van der Waals surface area contributed by atoms with E-state index in [1.54, 1.807) is 0 Å². The molecule has 0 aromatic heterocycles. The summed E-state index contributed by atoms with van der Waals surface area (Å²) in [5.41, 5.74) is 10.5. The Morgan fingerprint density at radius 3 is 2.60 bits per heavy atom. The number of hydrogen-bond donors (Lipinski definition) is 3. The quantitative estimate of drug-likeness (QED) is 0.638. The molecule has 0 atom stereocenters. The first-order chi connectivity index (χ1) is 7.34. The number of amidine groups is 1. The van der Waals surface area contributed by atoms with Crippen molar-refractivity contribution in [1.29, 1.82) is 0 Å². The molecule has 0 amide bonds. The number of nitrogens with one attached hydrogen (secondary N) is 2. The molecule has 0 aliphatic carbocycles. The van der Waals surface area contributed by atoms with Crippen LogP contribution in [0.25, 0.3) is 0 Å². The molecular formula is C9H11N5O. The van der Waals surface area contributed by atoms with Crippen LogP contribution in [0.15, 0.2) is 40.5 Å². The lowest BCUT2D eigenvalue weighted by Gasteiger charge is -2.12. The van der Waals surface area contributed by atoms with E-state index < -0.39 is 0 Å². The molecule has 1 heterocycles. The largest absolute Gasteiger partial charge is 0.486 e. The van der Waals surface area contributed by atoms with Gasteiger partial charge in [0.15, 0.2) is 5.84 Å². The van der Waals surface area contributed by atoms with Gasteiger partial charge in [0.2, 0.25) is 5.96 Å². The molecule has 0 spiro atoms. The van der Waals surface area contributed by atoms with Crippen molar-refractivity contribution in [1.82, 2.24) is 10.9 Å². The molecule has 0 unspecified atom stereocenters. The summed E-state index contributed by atoms with van der Waals surface area (Å²) in [4.78, 5) is 0. The molecule has 1 aromatic rings. The summed E-state index contributed by atoms with van der Waals surface area (Å²) in [5.74, 6) is 1.59. The van der Waals surface area contributed by atoms with Crippen molar-refractivity contribution < 1.29 is 4.74 Å². The highest BCUT2D eigenvalue weighted by atomic mass is 16.5. The second-order valence-corrected chi connectivity index (χ2v) is 2.88. The molecule has 1 aromatic carbocycles. The molecule has 4 N–H and O–H groups in total. The van der Waals surface area contributed by atoms with Gasteiger partial charge in [0.1, 0.15) is 12.4 Å². The third kappa shape index (κ3) is 2.60. The van der Waals surface area contributed by atoms with Crippen molar-refractivity contribution >= 4 is 11.8 Å². The van der Waals surface area contributed by atoms with Crippen molar-refractivity contribution in [3.8, 4) is 5.75 Å². The smallest absolute Gasteiger partial charge is 0.232 e. The van der Waals surface area contributed by atoms with Gasteiger partial charge in [-0.05, 0) is 12.1 Å². The lowest BCUT2D eigenvalue weighted by atomic mass is 10.3. The molecule has 0 saturated carbocycles. The minimum Gasteiger partial charge on any atom is -0.486 e. The Balaban J connectivity index is 1.85. The minimum atomic E-state index is 0.235. The van der Waals surface area contributed by atoms with Crippen molar-refractivity contribution in [2.24, 2.45) is 15.9 Å². The van der Waals surface area contributed by atoms with Crippen LogP contribution in [0, 0.1) is 0 Å². The first kappa shape index (κ1) is 9.32. The summed E-state index contributed by atoms with van der Waals surface area (Å²) >= 11 is 0. The molecule has 15 heavy (non-hydrogen) atoms. The lowest BCUT2D eigenvalue weighted by molar-refractivity contribution is 0.371. The van der Waals surface area contributed by atoms with E-state index in [0.717, 1.165) is 5.75 Å². The van der Waals surface area contributed by atoms with Gasteiger partial charge in [-0.3, -0.25) is 5.43 Å². The second-order valence-electron chi connectivity index (χ2n) is 2.88. The second kappa shape index (κ2) is 4.32. The molecule has 78 valence electrons. The predicted molar refractivity (Wildman–Crippen MR) is 57.3 cm³/mol. The zero-order valence-corrected chi connectivity index (χ0v) is 7.97. The fourth-order valence-electron chi connectivity index (χ4n) is 1.03. The Hall–Kier alpha value is -2.24. The first-order valence-corrected chi connectivity index (χ1v) is 4.44. The number of hydrazone groups is 2. The molecule has 0 saturated heterocycles. The highest BCUT2D eigenvalue weighted by Crippen LogP contribution is 2.07. The molecule has 2 rings (SSSR count). The van der Waals surface area contributed by atoms with Crippen LogP contribution in [0.5, 0.6) is 5.75 Å². The van der Waals surface area contributed by atoms with Crippen LogP contribution in [0.4, 0.5) is 0 Å². The number of para-hydroxylation sites is 1. The molecule has 1 aliphatic heterocycles. The van der Waals surface area contributed by atoms with E-state index in [2.05, 4.69) is 21.1 Å². The topological polar surface area (TPSA) is 84.0 Å². The molecular weight excluding hydrogens is 194 g/mol. The monoisotopic (exact) mass is 205 g/mol. The average molecular weight is 205 g/mol. The Morgan fingerprint density at radius 2 is 1.93 bits per heavy atom. The number of ether oxygens (including phenoxy) is 1. The molecule has 1 aliphatic rings.